The van der Waals surface area contributed by atoms with Crippen LogP contribution in [0.3, 0.4) is 0 Å². The second-order valence-electron chi connectivity index (χ2n) is 5.54. The maximum atomic E-state index is 11.7. The molecule has 0 saturated carbocycles. The summed E-state index contributed by atoms with van der Waals surface area (Å²) in [4.78, 5) is 16.3. The molecule has 0 amide bonds. The minimum absolute atomic E-state index is 0.326. The first-order chi connectivity index (χ1) is 10.8. The highest BCUT2D eigenvalue weighted by atomic mass is 31.2. The van der Waals surface area contributed by atoms with Crippen LogP contribution in [0.4, 0.5) is 5.69 Å². The van der Waals surface area contributed by atoms with E-state index in [-0.39, 0.29) is 5.97 Å². The first-order valence-electron chi connectivity index (χ1n) is 7.38. The van der Waals surface area contributed by atoms with Crippen molar-refractivity contribution in [3.63, 3.8) is 0 Å². The van der Waals surface area contributed by atoms with Gasteiger partial charge in [0.05, 0.1) is 17.9 Å². The Kier molecular flexibility index (Phi) is 7.22. The molecule has 0 aliphatic carbocycles. The van der Waals surface area contributed by atoms with Gasteiger partial charge >= 0.3 is 13.8 Å². The zero-order valence-electron chi connectivity index (χ0n) is 15.0. The largest absolute Gasteiger partial charge is 0.462 e. The fourth-order valence-corrected chi connectivity index (χ4v) is 5.15. The van der Waals surface area contributed by atoms with Crippen LogP contribution in [0.15, 0.2) is 34.3 Å². The SMILES string of the molecule is CCOC(=O)c1ccc(N=N[P+](N(C)C)(N(C)C)N(C)C)cc1. The third-order valence-corrected chi connectivity index (χ3v) is 6.82. The lowest BCUT2D eigenvalue weighted by atomic mass is 10.2. The van der Waals surface area contributed by atoms with Crippen molar-refractivity contribution >= 4 is 19.5 Å². The number of ether oxygens (including phenoxy) is 1. The van der Waals surface area contributed by atoms with Crippen LogP contribution in [-0.2, 0) is 4.74 Å². The first kappa shape index (κ1) is 19.6. The summed E-state index contributed by atoms with van der Waals surface area (Å²) in [5, 5.41) is 4.39. The standard InChI is InChI=1S/C15H27N5O2P/c1-8-22-15(21)13-9-11-14(12-10-13)16-17-23(18(2)3,19(4)5)20(6)7/h9-12H,8H2,1-7H3/q+1. The molecule has 128 valence electrons. The van der Waals surface area contributed by atoms with Gasteiger partial charge in [-0.25, -0.2) is 4.79 Å². The Morgan fingerprint density at radius 1 is 1.00 bits per heavy atom. The lowest BCUT2D eigenvalue weighted by Crippen LogP contribution is -2.34. The molecule has 0 heterocycles. The normalized spacial score (nSPS) is 12.6. The monoisotopic (exact) mass is 340 g/mol. The van der Waals surface area contributed by atoms with E-state index in [1.54, 1.807) is 31.2 Å². The van der Waals surface area contributed by atoms with Crippen LogP contribution >= 0.6 is 7.87 Å². The lowest BCUT2D eigenvalue weighted by molar-refractivity contribution is 0.0526. The average Bonchev–Trinajstić information content (AvgIpc) is 2.47. The summed E-state index contributed by atoms with van der Waals surface area (Å²) in [5.74, 6) is -0.326. The van der Waals surface area contributed by atoms with E-state index in [4.69, 9.17) is 4.74 Å². The second-order valence-corrected chi connectivity index (χ2v) is 9.19. The van der Waals surface area contributed by atoms with Crippen molar-refractivity contribution < 1.29 is 9.53 Å². The molecule has 7 nitrogen and oxygen atoms in total. The van der Waals surface area contributed by atoms with Gasteiger partial charge in [-0.1, -0.05) is 0 Å². The minimum atomic E-state index is -2.05. The highest BCUT2D eigenvalue weighted by Crippen LogP contribution is 2.65. The van der Waals surface area contributed by atoms with E-state index in [9.17, 15) is 4.79 Å². The number of benzene rings is 1. The summed E-state index contributed by atoms with van der Waals surface area (Å²) in [6, 6.07) is 6.94. The number of nitrogens with zero attached hydrogens (tertiary/aromatic N) is 5. The van der Waals surface area contributed by atoms with Gasteiger partial charge in [0.2, 0.25) is 0 Å². The fourth-order valence-electron chi connectivity index (χ4n) is 2.30. The predicted octanol–water partition coefficient (Wildman–Crippen LogP) is 3.31. The molecule has 1 rings (SSSR count). The summed E-state index contributed by atoms with van der Waals surface area (Å²) < 4.78 is 11.2. The van der Waals surface area contributed by atoms with Crippen molar-refractivity contribution in [2.75, 3.05) is 48.9 Å². The molecule has 1 aromatic carbocycles. The van der Waals surface area contributed by atoms with Crippen molar-refractivity contribution in [1.29, 1.82) is 0 Å². The molecule has 0 spiro atoms. The predicted molar refractivity (Wildman–Crippen MR) is 94.9 cm³/mol. The quantitative estimate of drug-likeness (QED) is 0.433. The molecule has 0 aromatic heterocycles. The molecule has 0 bridgehead atoms. The van der Waals surface area contributed by atoms with Crippen LogP contribution in [0, 0.1) is 0 Å². The number of carbonyl (C=O) groups is 1. The molecule has 1 aromatic rings. The van der Waals surface area contributed by atoms with E-state index in [1.807, 2.05) is 42.3 Å². The number of hydrogen-bond acceptors (Lipinski definition) is 7. The summed E-state index contributed by atoms with van der Waals surface area (Å²) in [5.41, 5.74) is 1.22. The number of carbonyl (C=O) groups excluding carboxylic acids is 1. The fraction of sp³-hybridized carbons (Fsp3) is 0.533. The Labute approximate surface area is 139 Å². The van der Waals surface area contributed by atoms with Crippen LogP contribution in [0.1, 0.15) is 17.3 Å². The average molecular weight is 340 g/mol. The zero-order chi connectivity index (χ0) is 17.6. The van der Waals surface area contributed by atoms with Crippen LogP contribution < -0.4 is 0 Å². The lowest BCUT2D eigenvalue weighted by Gasteiger charge is -2.33. The van der Waals surface area contributed by atoms with Gasteiger partial charge in [0, 0.05) is 47.2 Å². The van der Waals surface area contributed by atoms with Gasteiger partial charge in [0.15, 0.2) is 0 Å². The number of rotatable bonds is 7. The van der Waals surface area contributed by atoms with Crippen LogP contribution in [0.5, 0.6) is 0 Å². The molecule has 0 atom stereocenters. The molecular weight excluding hydrogens is 313 g/mol. The van der Waals surface area contributed by atoms with Gasteiger partial charge < -0.3 is 4.74 Å². The maximum Gasteiger partial charge on any atom is 0.377 e. The summed E-state index contributed by atoms with van der Waals surface area (Å²) >= 11 is 0. The molecule has 23 heavy (non-hydrogen) atoms. The summed E-state index contributed by atoms with van der Waals surface area (Å²) in [6.45, 7) is 2.15. The first-order valence-corrected chi connectivity index (χ1v) is 8.98. The molecule has 0 saturated heterocycles. The topological polar surface area (TPSA) is 60.7 Å². The Balaban J connectivity index is 3.04. The highest BCUT2D eigenvalue weighted by Gasteiger charge is 2.50. The van der Waals surface area contributed by atoms with E-state index in [1.165, 1.54) is 0 Å². The van der Waals surface area contributed by atoms with Crippen LogP contribution in [0.2, 0.25) is 0 Å². The minimum Gasteiger partial charge on any atom is -0.462 e. The zero-order valence-corrected chi connectivity index (χ0v) is 15.9. The molecule has 0 aliphatic rings. The Bertz CT molecular complexity index is 522. The highest BCUT2D eigenvalue weighted by molar-refractivity contribution is 7.67. The Morgan fingerprint density at radius 2 is 1.48 bits per heavy atom. The van der Waals surface area contributed by atoms with E-state index in [2.05, 4.69) is 24.0 Å². The molecule has 0 N–H and O–H groups in total. The van der Waals surface area contributed by atoms with Crippen LogP contribution in [0.25, 0.3) is 0 Å². The second kappa shape index (κ2) is 8.45. The van der Waals surface area contributed by atoms with Gasteiger partial charge in [-0.05, 0) is 31.2 Å². The van der Waals surface area contributed by atoms with Gasteiger partial charge in [0.25, 0.3) is 0 Å². The molecule has 8 heteroatoms. The smallest absolute Gasteiger partial charge is 0.377 e. The van der Waals surface area contributed by atoms with Crippen molar-refractivity contribution in [1.82, 2.24) is 14.0 Å². The van der Waals surface area contributed by atoms with E-state index in [0.29, 0.717) is 17.9 Å². The van der Waals surface area contributed by atoms with Gasteiger partial charge in [0.1, 0.15) is 0 Å². The number of esters is 1. The summed E-state index contributed by atoms with van der Waals surface area (Å²) in [6.07, 6.45) is 0. The van der Waals surface area contributed by atoms with Crippen LogP contribution in [-0.4, -0.2) is 68.9 Å². The molecule has 0 radical (unpaired) electrons. The van der Waals surface area contributed by atoms with Crippen molar-refractivity contribution in [3.8, 4) is 0 Å². The van der Waals surface area contributed by atoms with Crippen molar-refractivity contribution in [3.05, 3.63) is 29.8 Å². The van der Waals surface area contributed by atoms with E-state index >= 15 is 0 Å². The molecular formula is C15H27N5O2P+. The Hall–Kier alpha value is -1.40. The summed E-state index contributed by atoms with van der Waals surface area (Å²) in [7, 11) is 9.93. The van der Waals surface area contributed by atoms with Gasteiger partial charge in [-0.3, -0.25) is 0 Å². The Morgan fingerprint density at radius 3 is 1.87 bits per heavy atom. The molecule has 0 fully saturated rings. The van der Waals surface area contributed by atoms with Gasteiger partial charge in [-0.2, -0.15) is 0 Å². The van der Waals surface area contributed by atoms with Crippen molar-refractivity contribution in [2.24, 2.45) is 10.00 Å². The third kappa shape index (κ3) is 4.54. The molecule has 0 unspecified atom stereocenters. The number of hydrogen-bond donors (Lipinski definition) is 0. The molecule has 0 aliphatic heterocycles. The maximum absolute atomic E-state index is 11.7. The van der Waals surface area contributed by atoms with Gasteiger partial charge in [-0.15, -0.1) is 19.1 Å². The van der Waals surface area contributed by atoms with Crippen molar-refractivity contribution in [2.45, 2.75) is 6.92 Å². The van der Waals surface area contributed by atoms with E-state index in [0.717, 1.165) is 0 Å². The van der Waals surface area contributed by atoms with E-state index < -0.39 is 7.87 Å². The third-order valence-electron chi connectivity index (χ3n) is 3.27.